The summed E-state index contributed by atoms with van der Waals surface area (Å²) >= 11 is 0. The van der Waals surface area contributed by atoms with Crippen LogP contribution in [0.15, 0.2) is 30.3 Å². The summed E-state index contributed by atoms with van der Waals surface area (Å²) < 4.78 is 0. The van der Waals surface area contributed by atoms with E-state index in [4.69, 9.17) is 0 Å². The summed E-state index contributed by atoms with van der Waals surface area (Å²) in [6.45, 7) is 6.57. The van der Waals surface area contributed by atoms with Gasteiger partial charge in [-0.1, -0.05) is 30.3 Å². The molecule has 0 saturated carbocycles. The molecule has 1 heterocycles. The number of hydrogen-bond donors (Lipinski definition) is 2. The second-order valence-corrected chi connectivity index (χ2v) is 5.93. The highest BCUT2D eigenvalue weighted by Crippen LogP contribution is 2.18. The van der Waals surface area contributed by atoms with Crippen molar-refractivity contribution in [1.29, 1.82) is 0 Å². The largest absolute Gasteiger partial charge is 0.338 e. The second kappa shape index (κ2) is 6.37. The van der Waals surface area contributed by atoms with Crippen molar-refractivity contribution in [3.8, 4) is 0 Å². The molecular weight excluding hydrogens is 250 g/mol. The fraction of sp³-hybridized carbons (Fsp3) is 0.562. The van der Waals surface area contributed by atoms with Gasteiger partial charge in [0.05, 0.1) is 12.6 Å². The maximum Gasteiger partial charge on any atom is 0.236 e. The molecule has 2 rings (SSSR count). The summed E-state index contributed by atoms with van der Waals surface area (Å²) in [4.78, 5) is 14.1. The number of nitrogens with zero attached hydrogens (tertiary/aromatic N) is 1. The zero-order valence-electron chi connectivity index (χ0n) is 12.6. The van der Waals surface area contributed by atoms with Crippen LogP contribution in [-0.4, -0.2) is 43.0 Å². The van der Waals surface area contributed by atoms with Crippen LogP contribution in [0.4, 0.5) is 0 Å². The molecule has 1 aromatic rings. The van der Waals surface area contributed by atoms with Gasteiger partial charge in [-0.25, -0.2) is 0 Å². The zero-order valence-corrected chi connectivity index (χ0v) is 12.6. The van der Waals surface area contributed by atoms with Crippen LogP contribution in [0.25, 0.3) is 0 Å². The van der Waals surface area contributed by atoms with Gasteiger partial charge >= 0.3 is 0 Å². The van der Waals surface area contributed by atoms with Crippen LogP contribution in [-0.2, 0) is 4.79 Å². The predicted octanol–water partition coefficient (Wildman–Crippen LogP) is 1.55. The van der Waals surface area contributed by atoms with E-state index in [1.807, 2.05) is 30.1 Å². The Morgan fingerprint density at radius 3 is 2.75 bits per heavy atom. The van der Waals surface area contributed by atoms with E-state index >= 15 is 0 Å². The summed E-state index contributed by atoms with van der Waals surface area (Å²) in [5.74, 6) is 0.134. The maximum atomic E-state index is 12.3. The van der Waals surface area contributed by atoms with E-state index < -0.39 is 0 Å². The molecule has 1 aliphatic heterocycles. The number of nitrogens with one attached hydrogen (secondary N) is 2. The van der Waals surface area contributed by atoms with E-state index in [-0.39, 0.29) is 17.5 Å². The molecular formula is C16H25N3O. The molecule has 0 radical (unpaired) electrons. The van der Waals surface area contributed by atoms with E-state index in [9.17, 15) is 4.79 Å². The predicted molar refractivity (Wildman–Crippen MR) is 81.5 cm³/mol. The average Bonchev–Trinajstić information content (AvgIpc) is 2.91. The number of rotatable bonds is 5. The van der Waals surface area contributed by atoms with Crippen LogP contribution in [0.3, 0.4) is 0 Å². The fourth-order valence-electron chi connectivity index (χ4n) is 2.55. The summed E-state index contributed by atoms with van der Waals surface area (Å²) in [5, 5.41) is 6.72. The molecule has 0 spiro atoms. The van der Waals surface area contributed by atoms with Gasteiger partial charge < -0.3 is 15.5 Å². The Hall–Kier alpha value is -1.39. The topological polar surface area (TPSA) is 44.4 Å². The molecule has 2 atom stereocenters. The van der Waals surface area contributed by atoms with E-state index in [0.717, 1.165) is 25.1 Å². The van der Waals surface area contributed by atoms with Gasteiger partial charge in [-0.05, 0) is 32.4 Å². The summed E-state index contributed by atoms with van der Waals surface area (Å²) in [5.41, 5.74) is 1.21. The molecule has 4 nitrogen and oxygen atoms in total. The Morgan fingerprint density at radius 2 is 2.15 bits per heavy atom. The van der Waals surface area contributed by atoms with Gasteiger partial charge in [0.15, 0.2) is 0 Å². The minimum absolute atomic E-state index is 0.0481. The lowest BCUT2D eigenvalue weighted by Crippen LogP contribution is -2.49. The van der Waals surface area contributed by atoms with E-state index in [1.165, 1.54) is 0 Å². The van der Waals surface area contributed by atoms with Crippen molar-refractivity contribution >= 4 is 5.91 Å². The molecule has 2 unspecified atom stereocenters. The summed E-state index contributed by atoms with van der Waals surface area (Å²) in [6.07, 6.45) is 1.07. The first-order valence-electron chi connectivity index (χ1n) is 7.28. The number of carbonyl (C=O) groups is 1. The Kier molecular flexibility index (Phi) is 4.78. The highest BCUT2D eigenvalue weighted by atomic mass is 16.2. The Morgan fingerprint density at radius 1 is 1.45 bits per heavy atom. The molecule has 0 bridgehead atoms. The van der Waals surface area contributed by atoms with Gasteiger partial charge in [-0.3, -0.25) is 4.79 Å². The van der Waals surface area contributed by atoms with Crippen molar-refractivity contribution in [3.05, 3.63) is 35.9 Å². The van der Waals surface area contributed by atoms with Crippen LogP contribution in [0.5, 0.6) is 0 Å². The fourth-order valence-corrected chi connectivity index (χ4v) is 2.55. The summed E-state index contributed by atoms with van der Waals surface area (Å²) in [6, 6.07) is 10.2. The molecule has 0 aromatic heterocycles. The lowest BCUT2D eigenvalue weighted by molar-refractivity contribution is -0.131. The van der Waals surface area contributed by atoms with Gasteiger partial charge in [0, 0.05) is 19.1 Å². The first-order valence-corrected chi connectivity index (χ1v) is 7.28. The van der Waals surface area contributed by atoms with Gasteiger partial charge in [0.2, 0.25) is 5.91 Å². The Bertz CT molecular complexity index is 440. The van der Waals surface area contributed by atoms with Crippen molar-refractivity contribution in [3.63, 3.8) is 0 Å². The molecule has 1 saturated heterocycles. The first-order chi connectivity index (χ1) is 9.52. The number of amides is 1. The molecule has 1 aromatic carbocycles. The van der Waals surface area contributed by atoms with E-state index in [2.05, 4.69) is 36.6 Å². The molecule has 4 heteroatoms. The van der Waals surface area contributed by atoms with Crippen LogP contribution in [0.2, 0.25) is 0 Å². The SMILES string of the molecule is CC(c1ccccc1)N(C)C(=O)CNC1(C)CCNC1. The van der Waals surface area contributed by atoms with Gasteiger partial charge in [0.25, 0.3) is 0 Å². The lowest BCUT2D eigenvalue weighted by Gasteiger charge is -2.29. The number of hydrogen-bond acceptors (Lipinski definition) is 3. The highest BCUT2D eigenvalue weighted by Gasteiger charge is 2.29. The third-order valence-electron chi connectivity index (χ3n) is 4.29. The van der Waals surface area contributed by atoms with Crippen molar-refractivity contribution in [2.75, 3.05) is 26.7 Å². The van der Waals surface area contributed by atoms with E-state index in [0.29, 0.717) is 6.54 Å². The molecule has 20 heavy (non-hydrogen) atoms. The number of likely N-dealkylation sites (N-methyl/N-ethyl adjacent to an activating group) is 1. The van der Waals surface area contributed by atoms with Gasteiger partial charge in [0.1, 0.15) is 0 Å². The van der Waals surface area contributed by atoms with Crippen LogP contribution < -0.4 is 10.6 Å². The van der Waals surface area contributed by atoms with Crippen LogP contribution in [0.1, 0.15) is 31.9 Å². The molecule has 2 N–H and O–H groups in total. The Labute approximate surface area is 121 Å². The van der Waals surface area contributed by atoms with Crippen molar-refractivity contribution in [2.45, 2.75) is 31.8 Å². The van der Waals surface area contributed by atoms with Gasteiger partial charge in [-0.15, -0.1) is 0 Å². The quantitative estimate of drug-likeness (QED) is 0.857. The minimum atomic E-state index is 0.0481. The highest BCUT2D eigenvalue weighted by molar-refractivity contribution is 5.78. The molecule has 110 valence electrons. The zero-order chi connectivity index (χ0) is 14.6. The maximum absolute atomic E-state index is 12.3. The third kappa shape index (κ3) is 3.58. The van der Waals surface area contributed by atoms with Crippen LogP contribution >= 0.6 is 0 Å². The van der Waals surface area contributed by atoms with Crippen molar-refractivity contribution in [1.82, 2.24) is 15.5 Å². The monoisotopic (exact) mass is 275 g/mol. The lowest BCUT2D eigenvalue weighted by atomic mass is 10.0. The number of carbonyl (C=O) groups excluding carboxylic acids is 1. The molecule has 1 fully saturated rings. The van der Waals surface area contributed by atoms with Gasteiger partial charge in [-0.2, -0.15) is 0 Å². The van der Waals surface area contributed by atoms with Crippen molar-refractivity contribution in [2.24, 2.45) is 0 Å². The standard InChI is InChI=1S/C16H25N3O/c1-13(14-7-5-4-6-8-14)19(3)15(20)11-18-16(2)9-10-17-12-16/h4-8,13,17-18H,9-12H2,1-3H3. The second-order valence-electron chi connectivity index (χ2n) is 5.93. The number of benzene rings is 1. The smallest absolute Gasteiger partial charge is 0.236 e. The normalized spacial score (nSPS) is 23.6. The summed E-state index contributed by atoms with van der Waals surface area (Å²) in [7, 11) is 1.87. The molecule has 1 aliphatic rings. The molecule has 0 aliphatic carbocycles. The first kappa shape index (κ1) is 15.0. The molecule has 1 amide bonds. The Balaban J connectivity index is 1.88. The third-order valence-corrected chi connectivity index (χ3v) is 4.29. The van der Waals surface area contributed by atoms with Crippen molar-refractivity contribution < 1.29 is 4.79 Å². The average molecular weight is 275 g/mol. The van der Waals surface area contributed by atoms with E-state index in [1.54, 1.807) is 0 Å². The van der Waals surface area contributed by atoms with Crippen LogP contribution in [0, 0.1) is 0 Å². The minimum Gasteiger partial charge on any atom is -0.338 e.